The van der Waals surface area contributed by atoms with Gasteiger partial charge in [-0.2, -0.15) is 0 Å². The predicted octanol–water partition coefficient (Wildman–Crippen LogP) is 7.25. The SMILES string of the molecule is CCC/C=C\C/C=C\CCCCCCCC(=O)OCC(COC1OC(C(=O)O)C(O)C(O)C1O)OC(=O)CCCCCCC/C=C\CCCCC. The Hall–Kier alpha value is -2.57. The highest BCUT2D eigenvalue weighted by molar-refractivity contribution is 5.73. The van der Waals surface area contributed by atoms with Crippen LogP contribution in [0.5, 0.6) is 0 Å². The Morgan fingerprint density at radius 1 is 0.608 bits per heavy atom. The third-order valence-electron chi connectivity index (χ3n) is 8.69. The standard InChI is InChI=1S/C40H68O11/c1-3-5-7-9-11-13-15-17-19-20-22-24-26-28-33(41)48-30-32(31-49-40-37(45)35(43)36(44)38(51-40)39(46)47)50-34(42)29-27-25-23-21-18-16-14-12-10-8-6-4-2/h7,9,12-15,32,35-38,40,43-45H,3-6,8,10-11,16-31H2,1-2H3,(H,46,47)/b9-7-,14-12-,15-13-. The number of ether oxygens (including phenoxy) is 4. The van der Waals surface area contributed by atoms with E-state index in [2.05, 4.69) is 50.3 Å². The molecule has 6 atom stereocenters. The van der Waals surface area contributed by atoms with Crippen LogP contribution < -0.4 is 0 Å². The van der Waals surface area contributed by atoms with Crippen molar-refractivity contribution in [2.75, 3.05) is 13.2 Å². The van der Waals surface area contributed by atoms with E-state index in [0.29, 0.717) is 12.8 Å². The van der Waals surface area contributed by atoms with Gasteiger partial charge in [-0.15, -0.1) is 0 Å². The van der Waals surface area contributed by atoms with Gasteiger partial charge < -0.3 is 39.4 Å². The average Bonchev–Trinajstić information content (AvgIpc) is 3.11. The number of hydrogen-bond acceptors (Lipinski definition) is 10. The first-order valence-electron chi connectivity index (χ1n) is 19.5. The van der Waals surface area contributed by atoms with Gasteiger partial charge in [0.2, 0.25) is 0 Å². The summed E-state index contributed by atoms with van der Waals surface area (Å²) < 4.78 is 21.6. The Balaban J connectivity index is 2.46. The van der Waals surface area contributed by atoms with Gasteiger partial charge >= 0.3 is 17.9 Å². The number of carboxylic acids is 1. The highest BCUT2D eigenvalue weighted by atomic mass is 16.7. The van der Waals surface area contributed by atoms with Crippen LogP contribution in [0.2, 0.25) is 0 Å². The summed E-state index contributed by atoms with van der Waals surface area (Å²) in [7, 11) is 0. The highest BCUT2D eigenvalue weighted by Crippen LogP contribution is 2.23. The molecular formula is C40H68O11. The molecule has 1 aliphatic rings. The molecule has 0 spiro atoms. The molecule has 1 fully saturated rings. The first kappa shape index (κ1) is 46.5. The van der Waals surface area contributed by atoms with E-state index >= 15 is 0 Å². The number of hydrogen-bond donors (Lipinski definition) is 4. The minimum absolute atomic E-state index is 0.169. The van der Waals surface area contributed by atoms with Crippen LogP contribution >= 0.6 is 0 Å². The van der Waals surface area contributed by atoms with E-state index in [1.165, 1.54) is 25.7 Å². The van der Waals surface area contributed by atoms with Crippen molar-refractivity contribution in [2.24, 2.45) is 0 Å². The lowest BCUT2D eigenvalue weighted by atomic mass is 9.99. The van der Waals surface area contributed by atoms with Crippen molar-refractivity contribution in [2.45, 2.75) is 185 Å². The number of esters is 2. The smallest absolute Gasteiger partial charge is 0.335 e. The Bertz CT molecular complexity index is 995. The topological polar surface area (TPSA) is 169 Å². The summed E-state index contributed by atoms with van der Waals surface area (Å²) in [5, 5.41) is 39.6. The van der Waals surface area contributed by atoms with Crippen LogP contribution in [-0.2, 0) is 33.3 Å². The zero-order valence-corrected chi connectivity index (χ0v) is 31.3. The molecule has 0 aromatic rings. The molecule has 51 heavy (non-hydrogen) atoms. The summed E-state index contributed by atoms with van der Waals surface area (Å²) in [6.45, 7) is 3.67. The molecule has 11 heteroatoms. The Kier molecular flexibility index (Phi) is 28.2. The summed E-state index contributed by atoms with van der Waals surface area (Å²) in [4.78, 5) is 36.6. The van der Waals surface area contributed by atoms with E-state index in [0.717, 1.165) is 83.5 Å². The molecule has 6 unspecified atom stereocenters. The molecule has 1 rings (SSSR count). The van der Waals surface area contributed by atoms with E-state index in [9.17, 15) is 34.8 Å². The quantitative estimate of drug-likeness (QED) is 0.0323. The molecule has 0 radical (unpaired) electrons. The van der Waals surface area contributed by atoms with Crippen molar-refractivity contribution in [3.63, 3.8) is 0 Å². The van der Waals surface area contributed by atoms with Crippen molar-refractivity contribution in [3.8, 4) is 0 Å². The number of rotatable bonds is 31. The molecule has 0 amide bonds. The molecule has 4 N–H and O–H groups in total. The second-order valence-corrected chi connectivity index (χ2v) is 13.4. The number of carbonyl (C=O) groups is 3. The minimum Gasteiger partial charge on any atom is -0.479 e. The largest absolute Gasteiger partial charge is 0.479 e. The van der Waals surface area contributed by atoms with Crippen LogP contribution in [-0.4, -0.2) is 88.4 Å². The maximum absolute atomic E-state index is 12.7. The van der Waals surface area contributed by atoms with Gasteiger partial charge in [0.05, 0.1) is 6.61 Å². The predicted molar refractivity (Wildman–Crippen MR) is 197 cm³/mol. The van der Waals surface area contributed by atoms with Crippen molar-refractivity contribution >= 4 is 17.9 Å². The number of aliphatic carboxylic acids is 1. The number of aliphatic hydroxyl groups excluding tert-OH is 3. The Morgan fingerprint density at radius 3 is 1.73 bits per heavy atom. The van der Waals surface area contributed by atoms with Gasteiger partial charge in [0.15, 0.2) is 18.5 Å². The van der Waals surface area contributed by atoms with E-state index < -0.39 is 61.3 Å². The van der Waals surface area contributed by atoms with Gasteiger partial charge in [0.25, 0.3) is 0 Å². The fourth-order valence-electron chi connectivity index (χ4n) is 5.56. The number of allylic oxidation sites excluding steroid dienone is 6. The molecule has 294 valence electrons. The molecular weight excluding hydrogens is 656 g/mol. The minimum atomic E-state index is -1.86. The molecule has 0 bridgehead atoms. The lowest BCUT2D eigenvalue weighted by Crippen LogP contribution is -2.60. The van der Waals surface area contributed by atoms with Crippen molar-refractivity contribution < 1.29 is 53.8 Å². The fraction of sp³-hybridized carbons (Fsp3) is 0.775. The maximum Gasteiger partial charge on any atom is 0.335 e. The van der Waals surface area contributed by atoms with Crippen LogP contribution in [0.3, 0.4) is 0 Å². The zero-order valence-electron chi connectivity index (χ0n) is 31.3. The summed E-state index contributed by atoms with van der Waals surface area (Å²) in [5.41, 5.74) is 0. The second kappa shape index (κ2) is 31.0. The van der Waals surface area contributed by atoms with Crippen LogP contribution in [0.4, 0.5) is 0 Å². The van der Waals surface area contributed by atoms with Gasteiger partial charge in [0, 0.05) is 12.8 Å². The first-order valence-corrected chi connectivity index (χ1v) is 19.5. The van der Waals surface area contributed by atoms with Crippen LogP contribution in [0.1, 0.15) is 149 Å². The van der Waals surface area contributed by atoms with Gasteiger partial charge in [0.1, 0.15) is 24.9 Å². The van der Waals surface area contributed by atoms with Gasteiger partial charge in [-0.1, -0.05) is 108 Å². The van der Waals surface area contributed by atoms with Crippen LogP contribution in [0, 0.1) is 0 Å². The normalized spacial score (nSPS) is 21.5. The third kappa shape index (κ3) is 23.6. The highest BCUT2D eigenvalue weighted by Gasteiger charge is 2.47. The Labute approximate surface area is 306 Å². The second-order valence-electron chi connectivity index (χ2n) is 13.4. The summed E-state index contributed by atoms with van der Waals surface area (Å²) >= 11 is 0. The summed E-state index contributed by atoms with van der Waals surface area (Å²) in [6, 6.07) is 0. The average molecular weight is 725 g/mol. The Morgan fingerprint density at radius 2 is 1.14 bits per heavy atom. The molecule has 0 aromatic carbocycles. The number of carboxylic acid groups (broad SMARTS) is 1. The van der Waals surface area contributed by atoms with E-state index in [4.69, 9.17) is 18.9 Å². The van der Waals surface area contributed by atoms with Crippen molar-refractivity contribution in [1.82, 2.24) is 0 Å². The molecule has 0 aliphatic carbocycles. The summed E-state index contributed by atoms with van der Waals surface area (Å²) in [6.07, 6.45) is 23.5. The third-order valence-corrected chi connectivity index (χ3v) is 8.69. The lowest BCUT2D eigenvalue weighted by Gasteiger charge is -2.38. The van der Waals surface area contributed by atoms with Crippen molar-refractivity contribution in [1.29, 1.82) is 0 Å². The van der Waals surface area contributed by atoms with E-state index in [1.54, 1.807) is 0 Å². The lowest BCUT2D eigenvalue weighted by molar-refractivity contribution is -0.298. The van der Waals surface area contributed by atoms with Crippen LogP contribution in [0.25, 0.3) is 0 Å². The van der Waals surface area contributed by atoms with Gasteiger partial charge in [-0.25, -0.2) is 4.79 Å². The number of unbranched alkanes of at least 4 members (excludes halogenated alkanes) is 14. The van der Waals surface area contributed by atoms with Crippen LogP contribution in [0.15, 0.2) is 36.5 Å². The van der Waals surface area contributed by atoms with E-state index in [-0.39, 0.29) is 19.4 Å². The van der Waals surface area contributed by atoms with Gasteiger partial charge in [-0.05, 0) is 64.2 Å². The molecule has 11 nitrogen and oxygen atoms in total. The maximum atomic E-state index is 12.7. The molecule has 1 aliphatic heterocycles. The molecule has 1 heterocycles. The monoisotopic (exact) mass is 724 g/mol. The van der Waals surface area contributed by atoms with Crippen molar-refractivity contribution in [3.05, 3.63) is 36.5 Å². The number of carbonyl (C=O) groups excluding carboxylic acids is 2. The number of aliphatic hydroxyl groups is 3. The molecule has 1 saturated heterocycles. The fourth-order valence-corrected chi connectivity index (χ4v) is 5.56. The van der Waals surface area contributed by atoms with E-state index in [1.807, 2.05) is 0 Å². The first-order chi connectivity index (χ1) is 24.7. The van der Waals surface area contributed by atoms with Gasteiger partial charge in [-0.3, -0.25) is 9.59 Å². The molecule has 0 aromatic heterocycles. The molecule has 0 saturated carbocycles. The zero-order chi connectivity index (χ0) is 37.5. The summed E-state index contributed by atoms with van der Waals surface area (Å²) in [5.74, 6) is -2.48.